The molecule has 0 saturated carbocycles. The van der Waals surface area contributed by atoms with Crippen LogP contribution in [0.25, 0.3) is 0 Å². The van der Waals surface area contributed by atoms with Gasteiger partial charge in [0.05, 0.1) is 19.1 Å². The predicted molar refractivity (Wildman–Crippen MR) is 70.5 cm³/mol. The number of nitrogens with one attached hydrogen (secondary N) is 2. The Hall–Kier alpha value is -0.650. The smallest absolute Gasteiger partial charge is 0.222 e. The molecule has 0 spiro atoms. The maximum absolute atomic E-state index is 11.9. The van der Waals surface area contributed by atoms with E-state index in [9.17, 15) is 4.79 Å². The average molecular weight is 255 g/mol. The first kappa shape index (κ1) is 13.8. The maximum atomic E-state index is 11.9. The van der Waals surface area contributed by atoms with E-state index >= 15 is 0 Å². The van der Waals surface area contributed by atoms with Crippen LogP contribution in [-0.2, 0) is 9.53 Å². The standard InChI is InChI=1S/C13H25N3O2/c1-2-16-6-3-4-11(10-16)15-13(17)8-12-9-14-5-7-18-12/h11-12,14H,2-10H2,1H3,(H,15,17). The van der Waals surface area contributed by atoms with Gasteiger partial charge >= 0.3 is 0 Å². The molecule has 0 aromatic rings. The van der Waals surface area contributed by atoms with E-state index in [1.165, 1.54) is 13.0 Å². The third-order valence-electron chi connectivity index (χ3n) is 3.74. The molecule has 5 nitrogen and oxygen atoms in total. The third kappa shape index (κ3) is 4.23. The van der Waals surface area contributed by atoms with Gasteiger partial charge < -0.3 is 20.3 Å². The van der Waals surface area contributed by atoms with E-state index in [2.05, 4.69) is 22.5 Å². The Morgan fingerprint density at radius 3 is 3.17 bits per heavy atom. The number of likely N-dealkylation sites (tertiary alicyclic amines) is 1. The zero-order valence-corrected chi connectivity index (χ0v) is 11.3. The highest BCUT2D eigenvalue weighted by atomic mass is 16.5. The zero-order chi connectivity index (χ0) is 12.8. The summed E-state index contributed by atoms with van der Waals surface area (Å²) in [5, 5.41) is 6.39. The van der Waals surface area contributed by atoms with Crippen molar-refractivity contribution in [3.8, 4) is 0 Å². The van der Waals surface area contributed by atoms with Crippen LogP contribution in [0.2, 0.25) is 0 Å². The van der Waals surface area contributed by atoms with Gasteiger partial charge in [0.25, 0.3) is 0 Å². The minimum absolute atomic E-state index is 0.0459. The molecule has 2 saturated heterocycles. The first-order valence-corrected chi connectivity index (χ1v) is 7.12. The summed E-state index contributed by atoms with van der Waals surface area (Å²) >= 11 is 0. The zero-order valence-electron chi connectivity index (χ0n) is 11.3. The van der Waals surface area contributed by atoms with E-state index in [0.717, 1.165) is 32.6 Å². The van der Waals surface area contributed by atoms with Gasteiger partial charge in [0.1, 0.15) is 0 Å². The van der Waals surface area contributed by atoms with Gasteiger partial charge in [-0.15, -0.1) is 0 Å². The quantitative estimate of drug-likeness (QED) is 0.740. The van der Waals surface area contributed by atoms with Crippen molar-refractivity contribution in [3.63, 3.8) is 0 Å². The molecule has 2 N–H and O–H groups in total. The maximum Gasteiger partial charge on any atom is 0.222 e. The molecule has 0 aromatic carbocycles. The van der Waals surface area contributed by atoms with Gasteiger partial charge in [0, 0.05) is 25.7 Å². The Kier molecular flexibility index (Phi) is 5.41. The van der Waals surface area contributed by atoms with Crippen LogP contribution in [0.5, 0.6) is 0 Å². The predicted octanol–water partition coefficient (Wildman–Crippen LogP) is -0.0346. The largest absolute Gasteiger partial charge is 0.375 e. The van der Waals surface area contributed by atoms with Crippen LogP contribution in [0.1, 0.15) is 26.2 Å². The van der Waals surface area contributed by atoms with Gasteiger partial charge in [-0.25, -0.2) is 0 Å². The number of nitrogens with zero attached hydrogens (tertiary/aromatic N) is 1. The first-order valence-electron chi connectivity index (χ1n) is 7.12. The molecule has 2 heterocycles. The SMILES string of the molecule is CCN1CCCC(NC(=O)CC2CNCCO2)C1. The third-order valence-corrected chi connectivity index (χ3v) is 3.74. The molecule has 1 amide bonds. The van der Waals surface area contributed by atoms with Crippen molar-refractivity contribution in [2.45, 2.75) is 38.3 Å². The van der Waals surface area contributed by atoms with Crippen molar-refractivity contribution < 1.29 is 9.53 Å². The number of piperidine rings is 1. The number of carbonyl (C=O) groups is 1. The van der Waals surface area contributed by atoms with E-state index in [4.69, 9.17) is 4.74 Å². The summed E-state index contributed by atoms with van der Waals surface area (Å²) in [6.07, 6.45) is 2.81. The van der Waals surface area contributed by atoms with Crippen LogP contribution in [0.3, 0.4) is 0 Å². The van der Waals surface area contributed by atoms with E-state index in [1.54, 1.807) is 0 Å². The summed E-state index contributed by atoms with van der Waals surface area (Å²) in [6.45, 7) is 7.80. The molecule has 2 rings (SSSR count). The molecule has 2 aliphatic heterocycles. The Balaban J connectivity index is 1.69. The average Bonchev–Trinajstić information content (AvgIpc) is 2.40. The second-order valence-corrected chi connectivity index (χ2v) is 5.20. The molecule has 0 bridgehead atoms. The minimum atomic E-state index is 0.0459. The number of amides is 1. The van der Waals surface area contributed by atoms with E-state index in [1.807, 2.05) is 0 Å². The fourth-order valence-electron chi connectivity index (χ4n) is 2.70. The lowest BCUT2D eigenvalue weighted by Crippen LogP contribution is -2.49. The molecule has 18 heavy (non-hydrogen) atoms. The lowest BCUT2D eigenvalue weighted by atomic mass is 10.1. The van der Waals surface area contributed by atoms with Crippen molar-refractivity contribution in [1.82, 2.24) is 15.5 Å². The summed E-state index contributed by atoms with van der Waals surface area (Å²) in [6, 6.07) is 0.322. The highest BCUT2D eigenvalue weighted by molar-refractivity contribution is 5.76. The number of hydrogen-bond acceptors (Lipinski definition) is 4. The highest BCUT2D eigenvalue weighted by Crippen LogP contribution is 2.10. The fraction of sp³-hybridized carbons (Fsp3) is 0.923. The van der Waals surface area contributed by atoms with E-state index < -0.39 is 0 Å². The summed E-state index contributed by atoms with van der Waals surface area (Å²) < 4.78 is 5.55. The van der Waals surface area contributed by atoms with Gasteiger partial charge in [-0.1, -0.05) is 6.92 Å². The van der Waals surface area contributed by atoms with Crippen LogP contribution in [0.15, 0.2) is 0 Å². The van der Waals surface area contributed by atoms with Crippen molar-refractivity contribution in [2.24, 2.45) is 0 Å². The molecule has 2 aliphatic rings. The first-order chi connectivity index (χ1) is 8.78. The van der Waals surface area contributed by atoms with Crippen LogP contribution >= 0.6 is 0 Å². The summed E-state index contributed by atoms with van der Waals surface area (Å²) in [7, 11) is 0. The minimum Gasteiger partial charge on any atom is -0.375 e. The second-order valence-electron chi connectivity index (χ2n) is 5.20. The molecule has 0 aromatic heterocycles. The topological polar surface area (TPSA) is 53.6 Å². The molecule has 5 heteroatoms. The van der Waals surface area contributed by atoms with Crippen molar-refractivity contribution in [3.05, 3.63) is 0 Å². The van der Waals surface area contributed by atoms with Crippen LogP contribution in [-0.4, -0.2) is 62.3 Å². The van der Waals surface area contributed by atoms with E-state index in [-0.39, 0.29) is 12.0 Å². The molecule has 2 unspecified atom stereocenters. The van der Waals surface area contributed by atoms with Crippen molar-refractivity contribution in [2.75, 3.05) is 39.3 Å². The van der Waals surface area contributed by atoms with E-state index in [0.29, 0.717) is 19.1 Å². The van der Waals surface area contributed by atoms with Crippen LogP contribution < -0.4 is 10.6 Å². The molecule has 104 valence electrons. The monoisotopic (exact) mass is 255 g/mol. The number of morpholine rings is 1. The summed E-state index contributed by atoms with van der Waals surface area (Å²) in [5.41, 5.74) is 0. The number of hydrogen-bond donors (Lipinski definition) is 2. The second kappa shape index (κ2) is 7.07. The molecule has 2 fully saturated rings. The molecule has 0 aliphatic carbocycles. The Morgan fingerprint density at radius 1 is 1.56 bits per heavy atom. The van der Waals surface area contributed by atoms with Gasteiger partial charge in [-0.3, -0.25) is 4.79 Å². The Bertz CT molecular complexity index is 267. The van der Waals surface area contributed by atoms with Gasteiger partial charge in [-0.05, 0) is 25.9 Å². The van der Waals surface area contributed by atoms with Gasteiger partial charge in [0.2, 0.25) is 5.91 Å². The van der Waals surface area contributed by atoms with Crippen molar-refractivity contribution in [1.29, 1.82) is 0 Å². The summed E-state index contributed by atoms with van der Waals surface area (Å²) in [5.74, 6) is 0.131. The number of ether oxygens (including phenoxy) is 1. The fourth-order valence-corrected chi connectivity index (χ4v) is 2.70. The lowest BCUT2D eigenvalue weighted by Gasteiger charge is -2.32. The number of carbonyl (C=O) groups excluding carboxylic acids is 1. The van der Waals surface area contributed by atoms with Gasteiger partial charge in [-0.2, -0.15) is 0 Å². The normalized spacial score (nSPS) is 30.1. The van der Waals surface area contributed by atoms with Gasteiger partial charge in [0.15, 0.2) is 0 Å². The Morgan fingerprint density at radius 2 is 2.44 bits per heavy atom. The molecular formula is C13H25N3O2. The number of likely N-dealkylation sites (N-methyl/N-ethyl adjacent to an activating group) is 1. The number of rotatable bonds is 4. The Labute approximate surface area is 109 Å². The summed E-state index contributed by atoms with van der Waals surface area (Å²) in [4.78, 5) is 14.3. The molecular weight excluding hydrogens is 230 g/mol. The van der Waals surface area contributed by atoms with Crippen LogP contribution in [0.4, 0.5) is 0 Å². The molecule has 2 atom stereocenters. The van der Waals surface area contributed by atoms with Crippen LogP contribution in [0, 0.1) is 0 Å². The lowest BCUT2D eigenvalue weighted by molar-refractivity contribution is -0.125. The van der Waals surface area contributed by atoms with Crippen molar-refractivity contribution >= 4 is 5.91 Å². The molecule has 0 radical (unpaired) electrons. The highest BCUT2D eigenvalue weighted by Gasteiger charge is 2.22.